The van der Waals surface area contributed by atoms with Gasteiger partial charge in [0, 0.05) is 31.0 Å². The van der Waals surface area contributed by atoms with Crippen molar-refractivity contribution in [3.05, 3.63) is 18.1 Å². The van der Waals surface area contributed by atoms with Crippen molar-refractivity contribution in [1.29, 1.82) is 0 Å². The van der Waals surface area contributed by atoms with Crippen LogP contribution in [-0.4, -0.2) is 39.9 Å². The lowest BCUT2D eigenvalue weighted by atomic mass is 9.86. The summed E-state index contributed by atoms with van der Waals surface area (Å²) in [7, 11) is 0. The number of rotatable bonds is 5. The molecule has 2 heterocycles. The van der Waals surface area contributed by atoms with Gasteiger partial charge in [-0.25, -0.2) is 9.97 Å². The molecule has 0 spiro atoms. The Hall–Kier alpha value is -1.65. The molecule has 1 saturated heterocycles. The maximum absolute atomic E-state index is 11.5. The maximum Gasteiger partial charge on any atom is 0.222 e. The van der Waals surface area contributed by atoms with Crippen molar-refractivity contribution in [2.24, 2.45) is 0 Å². The van der Waals surface area contributed by atoms with Gasteiger partial charge in [0.05, 0.1) is 11.7 Å². The first kappa shape index (κ1) is 14.8. The summed E-state index contributed by atoms with van der Waals surface area (Å²) in [4.78, 5) is 22.0. The summed E-state index contributed by atoms with van der Waals surface area (Å²) in [6.45, 7) is 9.96. The molecule has 1 N–H and O–H groups in total. The Bertz CT molecular complexity index is 481. The van der Waals surface area contributed by atoms with E-state index in [0.29, 0.717) is 12.5 Å². The zero-order valence-electron chi connectivity index (χ0n) is 12.8. The fourth-order valence-electron chi connectivity index (χ4n) is 2.19. The molecule has 0 aliphatic carbocycles. The highest BCUT2D eigenvalue weighted by Crippen LogP contribution is 2.26. The lowest BCUT2D eigenvalue weighted by Crippen LogP contribution is -2.56. The third kappa shape index (κ3) is 3.08. The van der Waals surface area contributed by atoms with Gasteiger partial charge >= 0.3 is 0 Å². The summed E-state index contributed by atoms with van der Waals surface area (Å²) in [5.41, 5.74) is 1.11. The first-order valence-electron chi connectivity index (χ1n) is 7.33. The minimum absolute atomic E-state index is 0.0587. The Morgan fingerprint density at radius 1 is 1.40 bits per heavy atom. The molecular weight excluding hydrogens is 252 g/mol. The van der Waals surface area contributed by atoms with Crippen LogP contribution in [0.5, 0.6) is 0 Å². The Morgan fingerprint density at radius 3 is 2.70 bits per heavy atom. The lowest BCUT2D eigenvalue weighted by Gasteiger charge is -2.39. The van der Waals surface area contributed by atoms with E-state index in [1.54, 1.807) is 6.33 Å². The first-order valence-corrected chi connectivity index (χ1v) is 7.33. The molecule has 0 saturated carbocycles. The summed E-state index contributed by atoms with van der Waals surface area (Å²) in [5, 5.41) is 3.38. The van der Waals surface area contributed by atoms with Crippen LogP contribution in [0.15, 0.2) is 12.4 Å². The average molecular weight is 276 g/mol. The number of nitrogens with one attached hydrogen (secondary N) is 1. The van der Waals surface area contributed by atoms with Crippen LogP contribution in [0.4, 0.5) is 5.82 Å². The van der Waals surface area contributed by atoms with Gasteiger partial charge in [-0.3, -0.25) is 4.79 Å². The molecule has 110 valence electrons. The van der Waals surface area contributed by atoms with E-state index >= 15 is 0 Å². The van der Waals surface area contributed by atoms with Gasteiger partial charge in [-0.15, -0.1) is 0 Å². The molecule has 1 aliphatic heterocycles. The molecule has 0 bridgehead atoms. The molecule has 5 heteroatoms. The van der Waals surface area contributed by atoms with Gasteiger partial charge in [0.2, 0.25) is 5.91 Å². The molecule has 1 amide bonds. The normalized spacial score (nSPS) is 15.9. The third-order valence-corrected chi connectivity index (χ3v) is 4.13. The number of hydrogen-bond donors (Lipinski definition) is 1. The highest BCUT2D eigenvalue weighted by Gasteiger charge is 2.30. The summed E-state index contributed by atoms with van der Waals surface area (Å²) in [6.07, 6.45) is 3.23. The second kappa shape index (κ2) is 5.77. The van der Waals surface area contributed by atoms with Crippen molar-refractivity contribution < 1.29 is 4.79 Å². The fourth-order valence-corrected chi connectivity index (χ4v) is 2.19. The van der Waals surface area contributed by atoms with E-state index in [9.17, 15) is 4.79 Å². The molecule has 2 rings (SSSR count). The first-order chi connectivity index (χ1) is 9.46. The average Bonchev–Trinajstić information content (AvgIpc) is 2.42. The van der Waals surface area contributed by atoms with Crippen LogP contribution in [0.25, 0.3) is 0 Å². The van der Waals surface area contributed by atoms with E-state index in [-0.39, 0.29) is 11.3 Å². The van der Waals surface area contributed by atoms with Crippen LogP contribution in [0.1, 0.15) is 46.2 Å². The van der Waals surface area contributed by atoms with Gasteiger partial charge in [-0.2, -0.15) is 0 Å². The van der Waals surface area contributed by atoms with Crippen molar-refractivity contribution >= 4 is 11.7 Å². The Balaban J connectivity index is 1.95. The highest BCUT2D eigenvalue weighted by atomic mass is 16.2. The smallest absolute Gasteiger partial charge is 0.222 e. The maximum atomic E-state index is 11.5. The van der Waals surface area contributed by atoms with E-state index in [4.69, 9.17) is 0 Å². The van der Waals surface area contributed by atoms with Gasteiger partial charge in [0.1, 0.15) is 12.1 Å². The van der Waals surface area contributed by atoms with Gasteiger partial charge < -0.3 is 10.2 Å². The molecule has 1 fully saturated rings. The number of amides is 1. The molecule has 0 aromatic carbocycles. The van der Waals surface area contributed by atoms with Gasteiger partial charge in [0.25, 0.3) is 0 Å². The Morgan fingerprint density at radius 2 is 2.10 bits per heavy atom. The second-order valence-electron chi connectivity index (χ2n) is 6.02. The van der Waals surface area contributed by atoms with Crippen LogP contribution >= 0.6 is 0 Å². The van der Waals surface area contributed by atoms with Crippen LogP contribution in [0.3, 0.4) is 0 Å². The number of nitrogens with zero attached hydrogens (tertiary/aromatic N) is 3. The largest absolute Gasteiger partial charge is 0.364 e. The van der Waals surface area contributed by atoms with E-state index in [2.05, 4.69) is 36.1 Å². The van der Waals surface area contributed by atoms with Gasteiger partial charge in [0.15, 0.2) is 0 Å². The lowest BCUT2D eigenvalue weighted by molar-refractivity contribution is -0.134. The number of likely N-dealkylation sites (tertiary alicyclic amines) is 1. The fraction of sp³-hybridized carbons (Fsp3) is 0.667. The Kier molecular flexibility index (Phi) is 4.26. The molecule has 0 unspecified atom stereocenters. The summed E-state index contributed by atoms with van der Waals surface area (Å²) < 4.78 is 0. The zero-order chi connectivity index (χ0) is 14.8. The highest BCUT2D eigenvalue weighted by molar-refractivity contribution is 5.77. The third-order valence-electron chi connectivity index (χ3n) is 4.13. The quantitative estimate of drug-likeness (QED) is 0.895. The van der Waals surface area contributed by atoms with Gasteiger partial charge in [-0.05, 0) is 6.42 Å². The zero-order valence-corrected chi connectivity index (χ0v) is 12.8. The van der Waals surface area contributed by atoms with Crippen LogP contribution in [0.2, 0.25) is 0 Å². The van der Waals surface area contributed by atoms with Crippen LogP contribution < -0.4 is 5.32 Å². The topological polar surface area (TPSA) is 58.1 Å². The monoisotopic (exact) mass is 276 g/mol. The number of anilines is 1. The van der Waals surface area contributed by atoms with E-state index < -0.39 is 0 Å². The van der Waals surface area contributed by atoms with Crippen LogP contribution in [-0.2, 0) is 10.2 Å². The minimum atomic E-state index is 0.0587. The van der Waals surface area contributed by atoms with Crippen molar-refractivity contribution in [2.75, 3.05) is 18.4 Å². The number of aromatic nitrogens is 2. The van der Waals surface area contributed by atoms with E-state index in [0.717, 1.165) is 31.0 Å². The SMILES string of the molecule is CCC(=O)N1CC(Nc2cc(C(C)(C)CC)ncn2)C1. The van der Waals surface area contributed by atoms with Crippen molar-refractivity contribution in [1.82, 2.24) is 14.9 Å². The van der Waals surface area contributed by atoms with Crippen molar-refractivity contribution in [3.8, 4) is 0 Å². The molecule has 20 heavy (non-hydrogen) atoms. The van der Waals surface area contributed by atoms with Crippen LogP contribution in [0, 0.1) is 0 Å². The Labute approximate surface area is 120 Å². The molecule has 0 atom stereocenters. The van der Waals surface area contributed by atoms with Gasteiger partial charge in [-0.1, -0.05) is 27.7 Å². The number of carbonyl (C=O) groups excluding carboxylic acids is 1. The predicted molar refractivity (Wildman–Crippen MR) is 79.6 cm³/mol. The number of carbonyl (C=O) groups is 1. The van der Waals surface area contributed by atoms with Crippen molar-refractivity contribution in [3.63, 3.8) is 0 Å². The van der Waals surface area contributed by atoms with Crippen molar-refractivity contribution in [2.45, 2.75) is 52.0 Å². The molecule has 1 aromatic heterocycles. The number of hydrogen-bond acceptors (Lipinski definition) is 4. The molecular formula is C15H24N4O. The summed E-state index contributed by atoms with van der Waals surface area (Å²) >= 11 is 0. The molecule has 1 aliphatic rings. The summed E-state index contributed by atoms with van der Waals surface area (Å²) in [6, 6.07) is 2.33. The molecule has 1 aromatic rings. The minimum Gasteiger partial charge on any atom is -0.364 e. The van der Waals surface area contributed by atoms with E-state index in [1.165, 1.54) is 0 Å². The standard InChI is InChI=1S/C15H24N4O/c1-5-14(20)19-8-11(9-19)18-13-7-12(16-10-17-13)15(3,4)6-2/h7,10-11H,5-6,8-9H2,1-4H3,(H,16,17,18). The molecule has 5 nitrogen and oxygen atoms in total. The summed E-state index contributed by atoms with van der Waals surface area (Å²) in [5.74, 6) is 1.07. The predicted octanol–water partition coefficient (Wildman–Crippen LogP) is 2.20. The van der Waals surface area contributed by atoms with E-state index in [1.807, 2.05) is 17.9 Å². The molecule has 0 radical (unpaired) electrons. The second-order valence-corrected chi connectivity index (χ2v) is 6.02.